The van der Waals surface area contributed by atoms with Crippen LogP contribution in [0.15, 0.2) is 72.8 Å². The van der Waals surface area contributed by atoms with Gasteiger partial charge in [0.25, 0.3) is 0 Å². The molecule has 198 valence electrons. The Labute approximate surface area is 214 Å². The molecule has 0 aliphatic carbocycles. The first-order valence-electron chi connectivity index (χ1n) is 11.2. The molecule has 0 aromatic heterocycles. The summed E-state index contributed by atoms with van der Waals surface area (Å²) in [5.41, 5.74) is 11.9. The maximum absolute atomic E-state index is 13.4. The quantitative estimate of drug-likeness (QED) is 0.199. The topological polar surface area (TPSA) is 70.5 Å². The number of aryl methyl sites for hydroxylation is 2. The summed E-state index contributed by atoms with van der Waals surface area (Å²) < 4.78 is 91.5. The van der Waals surface area contributed by atoms with Crippen LogP contribution in [0.3, 0.4) is 0 Å². The van der Waals surface area contributed by atoms with Crippen molar-refractivity contribution in [2.75, 3.05) is 11.5 Å². The molecule has 0 amide bonds. The molecule has 0 aliphatic heterocycles. The second-order valence-electron chi connectivity index (χ2n) is 8.66. The van der Waals surface area contributed by atoms with Crippen molar-refractivity contribution < 1.29 is 35.8 Å². The molecule has 4 rings (SSSR count). The highest BCUT2D eigenvalue weighted by Gasteiger charge is 2.35. The third-order valence-corrected chi connectivity index (χ3v) is 5.76. The van der Waals surface area contributed by atoms with E-state index in [0.717, 1.165) is 35.4 Å². The number of halogens is 6. The molecular weight excluding hydrogens is 510 g/mol. The first-order valence-corrected chi connectivity index (χ1v) is 11.2. The number of ether oxygens (including phenoxy) is 2. The summed E-state index contributed by atoms with van der Waals surface area (Å²) in [4.78, 5) is 0. The number of hydrogen-bond acceptors (Lipinski definition) is 4. The zero-order valence-corrected chi connectivity index (χ0v) is 20.2. The second kappa shape index (κ2) is 9.85. The fourth-order valence-electron chi connectivity index (χ4n) is 3.97. The van der Waals surface area contributed by atoms with E-state index in [1.54, 1.807) is 38.1 Å². The molecule has 0 saturated carbocycles. The van der Waals surface area contributed by atoms with Gasteiger partial charge in [-0.3, -0.25) is 0 Å². The Bertz CT molecular complexity index is 1380. The number of nitrogen functional groups attached to an aromatic ring is 2. The van der Waals surface area contributed by atoms with Gasteiger partial charge in [-0.2, -0.15) is 26.3 Å². The lowest BCUT2D eigenvalue weighted by Crippen LogP contribution is -2.08. The molecule has 0 atom stereocenters. The van der Waals surface area contributed by atoms with Crippen molar-refractivity contribution in [1.82, 2.24) is 0 Å². The third-order valence-electron chi connectivity index (χ3n) is 5.76. The van der Waals surface area contributed by atoms with E-state index >= 15 is 0 Å². The lowest BCUT2D eigenvalue weighted by atomic mass is 9.96. The van der Waals surface area contributed by atoms with Crippen molar-refractivity contribution >= 4 is 11.4 Å². The van der Waals surface area contributed by atoms with E-state index in [0.29, 0.717) is 11.1 Å². The predicted molar refractivity (Wildman–Crippen MR) is 133 cm³/mol. The Balaban J connectivity index is 1.60. The maximum atomic E-state index is 13.4. The fraction of sp³-hybridized carbons (Fsp3) is 0.143. The molecule has 0 bridgehead atoms. The smallest absolute Gasteiger partial charge is 0.420 e. The zero-order chi connectivity index (χ0) is 27.8. The maximum Gasteiger partial charge on any atom is 0.420 e. The largest absolute Gasteiger partial charge is 0.457 e. The van der Waals surface area contributed by atoms with Crippen LogP contribution in [-0.4, -0.2) is 0 Å². The van der Waals surface area contributed by atoms with Crippen LogP contribution in [0.2, 0.25) is 0 Å². The summed E-state index contributed by atoms with van der Waals surface area (Å²) >= 11 is 0. The molecule has 4 N–H and O–H groups in total. The second-order valence-corrected chi connectivity index (χ2v) is 8.66. The van der Waals surface area contributed by atoms with Gasteiger partial charge in [-0.05, 0) is 96.8 Å². The summed E-state index contributed by atoms with van der Waals surface area (Å²) in [6.07, 6.45) is -9.29. The third kappa shape index (κ3) is 5.80. The summed E-state index contributed by atoms with van der Waals surface area (Å²) in [6.45, 7) is 3.54. The highest BCUT2D eigenvalue weighted by atomic mass is 19.4. The first-order chi connectivity index (χ1) is 17.7. The van der Waals surface area contributed by atoms with Crippen molar-refractivity contribution in [3.63, 3.8) is 0 Å². The predicted octanol–water partition coefficient (Wildman–Crippen LogP) is 8.76. The Hall–Kier alpha value is -4.34. The van der Waals surface area contributed by atoms with Crippen molar-refractivity contribution in [1.29, 1.82) is 0 Å². The van der Waals surface area contributed by atoms with E-state index in [9.17, 15) is 26.3 Å². The minimum atomic E-state index is -4.64. The van der Waals surface area contributed by atoms with E-state index in [1.165, 1.54) is 24.3 Å². The molecule has 0 heterocycles. The minimum absolute atomic E-state index is 0.0369. The van der Waals surface area contributed by atoms with Crippen LogP contribution >= 0.6 is 0 Å². The van der Waals surface area contributed by atoms with Gasteiger partial charge < -0.3 is 20.9 Å². The monoisotopic (exact) mass is 532 g/mol. The Morgan fingerprint density at radius 1 is 0.526 bits per heavy atom. The number of hydrogen-bond donors (Lipinski definition) is 2. The highest BCUT2D eigenvalue weighted by Crippen LogP contribution is 2.42. The molecule has 10 heteroatoms. The average molecular weight is 532 g/mol. The van der Waals surface area contributed by atoms with Crippen LogP contribution in [0.4, 0.5) is 37.7 Å². The van der Waals surface area contributed by atoms with E-state index in [2.05, 4.69) is 0 Å². The summed E-state index contributed by atoms with van der Waals surface area (Å²) in [5.74, 6) is -0.362. The number of benzene rings is 4. The molecule has 4 aromatic carbocycles. The normalized spacial score (nSPS) is 11.9. The Morgan fingerprint density at radius 3 is 1.21 bits per heavy atom. The summed E-state index contributed by atoms with van der Waals surface area (Å²) in [5, 5.41) is 0. The van der Waals surface area contributed by atoms with Crippen molar-refractivity contribution in [3.8, 4) is 34.1 Å². The molecule has 0 fully saturated rings. The molecular formula is C28H22F6N2O2. The van der Waals surface area contributed by atoms with Crippen LogP contribution in [0.5, 0.6) is 23.0 Å². The summed E-state index contributed by atoms with van der Waals surface area (Å²) in [6, 6.07) is 16.2. The van der Waals surface area contributed by atoms with Crippen molar-refractivity contribution in [3.05, 3.63) is 95.1 Å². The number of anilines is 2. The van der Waals surface area contributed by atoms with Crippen LogP contribution in [-0.2, 0) is 12.4 Å². The average Bonchev–Trinajstić information content (AvgIpc) is 2.81. The van der Waals surface area contributed by atoms with Gasteiger partial charge in [0, 0.05) is 11.4 Å². The van der Waals surface area contributed by atoms with Gasteiger partial charge in [-0.15, -0.1) is 0 Å². The van der Waals surface area contributed by atoms with E-state index in [1.807, 2.05) is 0 Å². The van der Waals surface area contributed by atoms with Gasteiger partial charge in [-0.25, -0.2) is 0 Å². The van der Waals surface area contributed by atoms with Gasteiger partial charge in [0.15, 0.2) is 0 Å². The van der Waals surface area contributed by atoms with Crippen molar-refractivity contribution in [2.45, 2.75) is 26.2 Å². The molecule has 4 aromatic rings. The van der Waals surface area contributed by atoms with Crippen LogP contribution in [0, 0.1) is 13.8 Å². The Morgan fingerprint density at radius 2 is 0.895 bits per heavy atom. The van der Waals surface area contributed by atoms with Crippen LogP contribution in [0.1, 0.15) is 22.3 Å². The standard InChI is InChI=1S/C28H22F6N2O2/c1-15-11-19(37-25-9-3-17(35)13-23(25)27(29,30)31)5-7-21(15)22-8-6-20(12-16(22)2)38-26-10-4-18(36)14-24(26)28(32,33)34/h3-14H,35-36H2,1-2H3. The van der Waals surface area contributed by atoms with E-state index < -0.39 is 23.5 Å². The van der Waals surface area contributed by atoms with E-state index in [-0.39, 0.29) is 34.4 Å². The lowest BCUT2D eigenvalue weighted by molar-refractivity contribution is -0.139. The van der Waals surface area contributed by atoms with Gasteiger partial charge >= 0.3 is 12.4 Å². The first kappa shape index (κ1) is 26.7. The molecule has 0 radical (unpaired) electrons. The van der Waals surface area contributed by atoms with Gasteiger partial charge in [0.05, 0.1) is 0 Å². The minimum Gasteiger partial charge on any atom is -0.457 e. The fourth-order valence-corrected chi connectivity index (χ4v) is 3.97. The zero-order valence-electron chi connectivity index (χ0n) is 20.2. The molecule has 4 nitrogen and oxygen atoms in total. The highest BCUT2D eigenvalue weighted by molar-refractivity contribution is 5.72. The molecule has 0 spiro atoms. The number of nitrogens with two attached hydrogens (primary N) is 2. The molecule has 38 heavy (non-hydrogen) atoms. The molecule has 0 saturated heterocycles. The van der Waals surface area contributed by atoms with Gasteiger partial charge in [0.2, 0.25) is 0 Å². The molecule has 0 aliphatic rings. The van der Waals surface area contributed by atoms with Crippen LogP contribution < -0.4 is 20.9 Å². The Kier molecular flexibility index (Phi) is 6.92. The van der Waals surface area contributed by atoms with Crippen molar-refractivity contribution in [2.24, 2.45) is 0 Å². The van der Waals surface area contributed by atoms with E-state index in [4.69, 9.17) is 20.9 Å². The van der Waals surface area contributed by atoms with Gasteiger partial charge in [0.1, 0.15) is 34.1 Å². The van der Waals surface area contributed by atoms with Crippen LogP contribution in [0.25, 0.3) is 11.1 Å². The van der Waals surface area contributed by atoms with Gasteiger partial charge in [-0.1, -0.05) is 12.1 Å². The summed E-state index contributed by atoms with van der Waals surface area (Å²) in [7, 11) is 0. The SMILES string of the molecule is Cc1cc(Oc2ccc(N)cc2C(F)(F)F)ccc1-c1ccc(Oc2ccc(N)cc2C(F)(F)F)cc1C. The molecule has 0 unspecified atom stereocenters. The number of alkyl halides is 6. The lowest BCUT2D eigenvalue weighted by Gasteiger charge is -2.17. The number of rotatable bonds is 5.